The van der Waals surface area contributed by atoms with Gasteiger partial charge in [0.15, 0.2) is 0 Å². The second kappa shape index (κ2) is 4.55. The molecule has 94 valence electrons. The molecule has 5 nitrogen and oxygen atoms in total. The molecule has 0 aliphatic carbocycles. The molecule has 1 aromatic heterocycles. The van der Waals surface area contributed by atoms with E-state index in [-0.39, 0.29) is 6.04 Å². The second-order valence-electron chi connectivity index (χ2n) is 4.11. The van der Waals surface area contributed by atoms with Gasteiger partial charge in [0.25, 0.3) is 10.1 Å². The fourth-order valence-electron chi connectivity index (χ4n) is 2.17. The number of nitrogens with zero attached hydrogens (tertiary/aromatic N) is 2. The minimum atomic E-state index is -3.98. The maximum atomic E-state index is 11.2. The van der Waals surface area contributed by atoms with Gasteiger partial charge in [-0.1, -0.05) is 0 Å². The molecule has 2 atom stereocenters. The van der Waals surface area contributed by atoms with Gasteiger partial charge in [0.05, 0.1) is 0 Å². The van der Waals surface area contributed by atoms with Crippen LogP contribution in [0.15, 0.2) is 22.8 Å². The number of pyridine rings is 1. The van der Waals surface area contributed by atoms with E-state index in [1.807, 2.05) is 17.0 Å². The first-order valence-corrected chi connectivity index (χ1v) is 7.53. The molecule has 1 N–H and O–H groups in total. The van der Waals surface area contributed by atoms with Crippen LogP contribution in [0, 0.1) is 0 Å². The van der Waals surface area contributed by atoms with Gasteiger partial charge in [-0.2, -0.15) is 8.42 Å². The van der Waals surface area contributed by atoms with E-state index in [4.69, 9.17) is 4.55 Å². The molecule has 0 radical (unpaired) electrons. The molecule has 0 saturated carbocycles. The molecule has 1 aliphatic heterocycles. The Hall–Kier alpha value is -0.660. The van der Waals surface area contributed by atoms with E-state index in [1.54, 1.807) is 13.1 Å². The highest BCUT2D eigenvalue weighted by Gasteiger charge is 2.39. The Morgan fingerprint density at radius 3 is 2.71 bits per heavy atom. The summed E-state index contributed by atoms with van der Waals surface area (Å²) in [7, 11) is -3.98. The van der Waals surface area contributed by atoms with Crippen molar-refractivity contribution in [3.63, 3.8) is 0 Å². The summed E-state index contributed by atoms with van der Waals surface area (Å²) < 4.78 is 32.3. The van der Waals surface area contributed by atoms with E-state index < -0.39 is 15.4 Å². The lowest BCUT2D eigenvalue weighted by atomic mass is 10.2. The smallest absolute Gasteiger partial charge is 0.269 e. The number of halogens is 1. The summed E-state index contributed by atoms with van der Waals surface area (Å²) in [4.78, 5) is 6.12. The number of aromatic nitrogens is 1. The third kappa shape index (κ3) is 2.61. The van der Waals surface area contributed by atoms with E-state index in [9.17, 15) is 8.42 Å². The molecule has 2 heterocycles. The van der Waals surface area contributed by atoms with Crippen LogP contribution in [-0.2, 0) is 10.1 Å². The summed E-state index contributed by atoms with van der Waals surface area (Å²) >= 11 is 3.30. The molecule has 0 amide bonds. The zero-order valence-corrected chi connectivity index (χ0v) is 11.6. The Morgan fingerprint density at radius 1 is 1.53 bits per heavy atom. The standard InChI is InChI=1S/C10H13BrN2O3S/c1-7-9(17(14,15)16)4-5-13(7)10-3-2-8(11)6-12-10/h2-3,6-7,9H,4-5H2,1H3,(H,14,15,16)/t7-,9-/m1/s1. The van der Waals surface area contributed by atoms with Crippen molar-refractivity contribution in [2.24, 2.45) is 0 Å². The van der Waals surface area contributed by atoms with Crippen LogP contribution in [0.5, 0.6) is 0 Å². The number of rotatable bonds is 2. The van der Waals surface area contributed by atoms with E-state index in [2.05, 4.69) is 20.9 Å². The predicted molar refractivity (Wildman–Crippen MR) is 68.7 cm³/mol. The van der Waals surface area contributed by atoms with Gasteiger partial charge < -0.3 is 4.90 Å². The number of anilines is 1. The molecular formula is C10H13BrN2O3S. The quantitative estimate of drug-likeness (QED) is 0.840. The van der Waals surface area contributed by atoms with Crippen molar-refractivity contribution in [3.8, 4) is 0 Å². The summed E-state index contributed by atoms with van der Waals surface area (Å²) in [6, 6.07) is 3.42. The predicted octanol–water partition coefficient (Wildman–Crippen LogP) is 1.70. The third-order valence-corrected chi connectivity index (χ3v) is 4.94. The Balaban J connectivity index is 2.23. The van der Waals surface area contributed by atoms with Crippen LogP contribution < -0.4 is 4.90 Å². The van der Waals surface area contributed by atoms with Gasteiger partial charge in [-0.25, -0.2) is 4.98 Å². The zero-order valence-electron chi connectivity index (χ0n) is 9.25. The van der Waals surface area contributed by atoms with Crippen LogP contribution in [0.4, 0.5) is 5.82 Å². The van der Waals surface area contributed by atoms with Crippen LogP contribution in [-0.4, -0.2) is 35.8 Å². The van der Waals surface area contributed by atoms with E-state index in [0.29, 0.717) is 13.0 Å². The molecule has 0 unspecified atom stereocenters. The average Bonchev–Trinajstić information content (AvgIpc) is 2.61. The number of hydrogen-bond donors (Lipinski definition) is 1. The lowest BCUT2D eigenvalue weighted by Gasteiger charge is -2.24. The fraction of sp³-hybridized carbons (Fsp3) is 0.500. The molecular weight excluding hydrogens is 308 g/mol. The first-order valence-electron chi connectivity index (χ1n) is 5.24. The molecule has 1 aliphatic rings. The van der Waals surface area contributed by atoms with Gasteiger partial charge in [-0.05, 0) is 41.4 Å². The van der Waals surface area contributed by atoms with E-state index in [1.165, 1.54) is 0 Å². The SMILES string of the molecule is C[C@@H]1[C@H](S(=O)(=O)O)CCN1c1ccc(Br)cn1. The number of hydrogen-bond acceptors (Lipinski definition) is 4. The van der Waals surface area contributed by atoms with Gasteiger partial charge in [0.2, 0.25) is 0 Å². The van der Waals surface area contributed by atoms with Crippen molar-refractivity contribution >= 4 is 31.9 Å². The van der Waals surface area contributed by atoms with Gasteiger partial charge in [-0.15, -0.1) is 0 Å². The van der Waals surface area contributed by atoms with Crippen molar-refractivity contribution in [2.75, 3.05) is 11.4 Å². The second-order valence-corrected chi connectivity index (χ2v) is 6.66. The Bertz CT molecular complexity index is 503. The summed E-state index contributed by atoms with van der Waals surface area (Å²) in [6.45, 7) is 2.37. The Labute approximate surface area is 109 Å². The fourth-order valence-corrected chi connectivity index (χ4v) is 3.45. The van der Waals surface area contributed by atoms with Crippen molar-refractivity contribution in [1.82, 2.24) is 4.98 Å². The summed E-state index contributed by atoms with van der Waals surface area (Å²) in [5.74, 6) is 0.729. The van der Waals surface area contributed by atoms with Gasteiger partial charge >= 0.3 is 0 Å². The molecule has 0 spiro atoms. The van der Waals surface area contributed by atoms with E-state index in [0.717, 1.165) is 10.3 Å². The Morgan fingerprint density at radius 2 is 2.24 bits per heavy atom. The minimum Gasteiger partial charge on any atom is -0.352 e. The summed E-state index contributed by atoms with van der Waals surface area (Å²) in [6.07, 6.45) is 2.10. The van der Waals surface area contributed by atoms with Crippen molar-refractivity contribution in [1.29, 1.82) is 0 Å². The van der Waals surface area contributed by atoms with Crippen LogP contribution in [0.1, 0.15) is 13.3 Å². The van der Waals surface area contributed by atoms with Crippen molar-refractivity contribution < 1.29 is 13.0 Å². The van der Waals surface area contributed by atoms with Crippen molar-refractivity contribution in [3.05, 3.63) is 22.8 Å². The highest BCUT2D eigenvalue weighted by atomic mass is 79.9. The lowest BCUT2D eigenvalue weighted by Crippen LogP contribution is -2.36. The molecule has 17 heavy (non-hydrogen) atoms. The average molecular weight is 321 g/mol. The third-order valence-electron chi connectivity index (χ3n) is 3.07. The van der Waals surface area contributed by atoms with Crippen molar-refractivity contribution in [2.45, 2.75) is 24.6 Å². The first kappa shape index (κ1) is 12.8. The van der Waals surface area contributed by atoms with Gasteiger partial charge in [-0.3, -0.25) is 4.55 Å². The van der Waals surface area contributed by atoms with Crippen LogP contribution in [0.2, 0.25) is 0 Å². The lowest BCUT2D eigenvalue weighted by molar-refractivity contribution is 0.462. The molecule has 2 rings (SSSR count). The monoisotopic (exact) mass is 320 g/mol. The molecule has 1 aromatic rings. The van der Waals surface area contributed by atoms with Crippen LogP contribution >= 0.6 is 15.9 Å². The van der Waals surface area contributed by atoms with Gasteiger partial charge in [0.1, 0.15) is 11.1 Å². The topological polar surface area (TPSA) is 70.5 Å². The van der Waals surface area contributed by atoms with Crippen LogP contribution in [0.3, 0.4) is 0 Å². The molecule has 0 bridgehead atoms. The zero-order chi connectivity index (χ0) is 12.6. The summed E-state index contributed by atoms with van der Waals surface area (Å²) in [5.41, 5.74) is 0. The minimum absolute atomic E-state index is 0.265. The highest BCUT2D eigenvalue weighted by Crippen LogP contribution is 2.28. The molecule has 1 saturated heterocycles. The van der Waals surface area contributed by atoms with Crippen LogP contribution in [0.25, 0.3) is 0 Å². The molecule has 0 aromatic carbocycles. The summed E-state index contributed by atoms with van der Waals surface area (Å²) in [5, 5.41) is -0.729. The van der Waals surface area contributed by atoms with E-state index >= 15 is 0 Å². The maximum absolute atomic E-state index is 11.2. The molecule has 1 fully saturated rings. The maximum Gasteiger partial charge on any atom is 0.269 e. The highest BCUT2D eigenvalue weighted by molar-refractivity contribution is 9.10. The molecule has 7 heteroatoms. The normalized spacial score (nSPS) is 25.2. The first-order chi connectivity index (χ1) is 7.89. The van der Waals surface area contributed by atoms with Gasteiger partial charge in [0, 0.05) is 23.3 Å². The largest absolute Gasteiger partial charge is 0.352 e. The Kier molecular flexibility index (Phi) is 3.42.